The molecule has 1 fully saturated rings. The van der Waals surface area contributed by atoms with Crippen LogP contribution in [-0.2, 0) is 10.0 Å². The Bertz CT molecular complexity index is 912. The van der Waals surface area contributed by atoms with E-state index >= 15 is 0 Å². The number of amides is 1. The Balaban J connectivity index is 1.44. The molecule has 1 heterocycles. The lowest BCUT2D eigenvalue weighted by molar-refractivity contribution is 0.0950. The zero-order valence-electron chi connectivity index (χ0n) is 16.6. The zero-order chi connectivity index (χ0) is 20.7. The van der Waals surface area contributed by atoms with Gasteiger partial charge in [0.1, 0.15) is 0 Å². The van der Waals surface area contributed by atoms with Gasteiger partial charge in [0.15, 0.2) is 0 Å². The number of sulfonamides is 1. The van der Waals surface area contributed by atoms with E-state index in [1.165, 1.54) is 11.8 Å². The van der Waals surface area contributed by atoms with Gasteiger partial charge in [0, 0.05) is 43.3 Å². The van der Waals surface area contributed by atoms with Crippen LogP contribution in [-0.4, -0.2) is 63.4 Å². The van der Waals surface area contributed by atoms with Crippen LogP contribution in [0.4, 0.5) is 5.69 Å². The number of piperazine rings is 1. The first-order valence-electron chi connectivity index (χ1n) is 9.70. The lowest BCUT2D eigenvalue weighted by Crippen LogP contribution is -2.49. The fourth-order valence-corrected chi connectivity index (χ4v) is 5.46. The van der Waals surface area contributed by atoms with E-state index in [4.69, 9.17) is 0 Å². The number of rotatable bonds is 8. The summed E-state index contributed by atoms with van der Waals surface area (Å²) in [6.45, 7) is 2.69. The first kappa shape index (κ1) is 21.7. The van der Waals surface area contributed by atoms with E-state index in [9.17, 15) is 13.2 Å². The molecule has 3 rings (SSSR count). The Morgan fingerprint density at radius 1 is 1.00 bits per heavy atom. The number of anilines is 1. The summed E-state index contributed by atoms with van der Waals surface area (Å²) in [5, 5.41) is 2.83. The molecule has 0 saturated carbocycles. The third kappa shape index (κ3) is 5.74. The van der Waals surface area contributed by atoms with Gasteiger partial charge in [-0.15, -0.1) is 11.8 Å². The standard InChI is InChI=1S/C21H27N3O3S2/c1-28-20-11-6-5-10-19(20)21(25)22-12-7-17-29(26,27)24-15-13-23(14-16-24)18-8-3-2-4-9-18/h2-6,8-11H,7,12-17H2,1H3,(H,22,25). The number of nitrogens with one attached hydrogen (secondary N) is 1. The molecule has 0 aliphatic carbocycles. The molecule has 0 spiro atoms. The second kappa shape index (κ2) is 10.1. The number of carbonyl (C=O) groups excluding carboxylic acids is 1. The first-order valence-corrected chi connectivity index (χ1v) is 12.5. The molecule has 0 radical (unpaired) electrons. The van der Waals surface area contributed by atoms with Crippen LogP contribution >= 0.6 is 11.8 Å². The van der Waals surface area contributed by atoms with Gasteiger partial charge in [0.2, 0.25) is 10.0 Å². The summed E-state index contributed by atoms with van der Waals surface area (Å²) in [5.74, 6) is -0.119. The van der Waals surface area contributed by atoms with E-state index in [1.54, 1.807) is 10.4 Å². The van der Waals surface area contributed by atoms with E-state index in [0.717, 1.165) is 10.6 Å². The molecule has 2 aromatic carbocycles. The highest BCUT2D eigenvalue weighted by molar-refractivity contribution is 7.98. The van der Waals surface area contributed by atoms with Crippen LogP contribution in [0.3, 0.4) is 0 Å². The van der Waals surface area contributed by atoms with Crippen molar-refractivity contribution in [2.45, 2.75) is 11.3 Å². The number of hydrogen-bond donors (Lipinski definition) is 1. The van der Waals surface area contributed by atoms with E-state index in [-0.39, 0.29) is 11.7 Å². The zero-order valence-corrected chi connectivity index (χ0v) is 18.2. The molecule has 6 nitrogen and oxygen atoms in total. The number of nitrogens with zero attached hydrogens (tertiary/aromatic N) is 2. The van der Waals surface area contributed by atoms with Crippen LogP contribution in [0.2, 0.25) is 0 Å². The Morgan fingerprint density at radius 2 is 1.66 bits per heavy atom. The Kier molecular flexibility index (Phi) is 7.57. The minimum absolute atomic E-state index is 0.0444. The van der Waals surface area contributed by atoms with Gasteiger partial charge in [-0.05, 0) is 36.9 Å². The lowest BCUT2D eigenvalue weighted by Gasteiger charge is -2.35. The van der Waals surface area contributed by atoms with Crippen LogP contribution in [0, 0.1) is 0 Å². The quantitative estimate of drug-likeness (QED) is 0.512. The number of para-hydroxylation sites is 1. The van der Waals surface area contributed by atoms with Crippen molar-refractivity contribution >= 4 is 33.4 Å². The Hall–Kier alpha value is -2.03. The SMILES string of the molecule is CSc1ccccc1C(=O)NCCCS(=O)(=O)N1CCN(c2ccccc2)CC1. The number of hydrogen-bond acceptors (Lipinski definition) is 5. The third-order valence-corrected chi connectivity index (χ3v) is 7.72. The summed E-state index contributed by atoms with van der Waals surface area (Å²) >= 11 is 1.52. The second-order valence-electron chi connectivity index (χ2n) is 6.85. The maximum atomic E-state index is 12.6. The van der Waals surface area contributed by atoms with Gasteiger partial charge in [0.05, 0.1) is 11.3 Å². The van der Waals surface area contributed by atoms with Gasteiger partial charge < -0.3 is 10.2 Å². The first-order chi connectivity index (χ1) is 14.0. The molecule has 1 amide bonds. The van der Waals surface area contributed by atoms with E-state index < -0.39 is 10.0 Å². The van der Waals surface area contributed by atoms with Crippen LogP contribution in [0.1, 0.15) is 16.8 Å². The summed E-state index contributed by atoms with van der Waals surface area (Å²) in [5.41, 5.74) is 1.75. The molecular formula is C21H27N3O3S2. The fourth-order valence-electron chi connectivity index (χ4n) is 3.38. The summed E-state index contributed by atoms with van der Waals surface area (Å²) in [4.78, 5) is 15.4. The molecule has 1 aliphatic rings. The van der Waals surface area contributed by atoms with Crippen LogP contribution in [0.15, 0.2) is 59.5 Å². The van der Waals surface area contributed by atoms with Crippen molar-refractivity contribution in [3.8, 4) is 0 Å². The predicted molar refractivity (Wildman–Crippen MR) is 119 cm³/mol. The molecule has 2 aromatic rings. The van der Waals surface area contributed by atoms with Gasteiger partial charge in [-0.1, -0.05) is 30.3 Å². The summed E-state index contributed by atoms with van der Waals surface area (Å²) in [7, 11) is -3.31. The minimum atomic E-state index is -3.31. The monoisotopic (exact) mass is 433 g/mol. The number of benzene rings is 2. The molecule has 29 heavy (non-hydrogen) atoms. The van der Waals surface area contributed by atoms with Crippen molar-refractivity contribution in [1.29, 1.82) is 0 Å². The molecule has 1 aliphatic heterocycles. The normalized spacial score (nSPS) is 15.3. The van der Waals surface area contributed by atoms with Crippen molar-refractivity contribution in [3.63, 3.8) is 0 Å². The highest BCUT2D eigenvalue weighted by atomic mass is 32.2. The number of thioether (sulfide) groups is 1. The smallest absolute Gasteiger partial charge is 0.252 e. The minimum Gasteiger partial charge on any atom is -0.369 e. The van der Waals surface area contributed by atoms with Crippen molar-refractivity contribution < 1.29 is 13.2 Å². The van der Waals surface area contributed by atoms with Crippen molar-refractivity contribution in [2.75, 3.05) is 49.6 Å². The molecule has 1 saturated heterocycles. The molecule has 1 N–H and O–H groups in total. The van der Waals surface area contributed by atoms with Crippen LogP contribution in [0.5, 0.6) is 0 Å². The topological polar surface area (TPSA) is 69.7 Å². The molecule has 0 unspecified atom stereocenters. The summed E-state index contributed by atoms with van der Waals surface area (Å²) < 4.78 is 26.8. The highest BCUT2D eigenvalue weighted by Gasteiger charge is 2.26. The summed E-state index contributed by atoms with van der Waals surface area (Å²) in [6.07, 6.45) is 2.32. The molecule has 156 valence electrons. The largest absolute Gasteiger partial charge is 0.369 e. The van der Waals surface area contributed by atoms with Crippen molar-refractivity contribution in [2.24, 2.45) is 0 Å². The maximum absolute atomic E-state index is 12.6. The molecule has 0 bridgehead atoms. The van der Waals surface area contributed by atoms with E-state index in [2.05, 4.69) is 10.2 Å². The lowest BCUT2D eigenvalue weighted by atomic mass is 10.2. The molecular weight excluding hydrogens is 406 g/mol. The molecule has 0 aromatic heterocycles. The third-order valence-electron chi connectivity index (χ3n) is 4.97. The average Bonchev–Trinajstić information content (AvgIpc) is 2.77. The Labute approximate surface area is 177 Å². The van der Waals surface area contributed by atoms with E-state index in [1.807, 2.05) is 54.8 Å². The van der Waals surface area contributed by atoms with Gasteiger partial charge in [0.25, 0.3) is 5.91 Å². The van der Waals surface area contributed by atoms with E-state index in [0.29, 0.717) is 44.7 Å². The van der Waals surface area contributed by atoms with Crippen molar-refractivity contribution in [3.05, 3.63) is 60.2 Å². The summed E-state index contributed by atoms with van der Waals surface area (Å²) in [6, 6.07) is 17.4. The van der Waals surface area contributed by atoms with Gasteiger partial charge in [-0.2, -0.15) is 4.31 Å². The highest BCUT2D eigenvalue weighted by Crippen LogP contribution is 2.20. The second-order valence-corrected chi connectivity index (χ2v) is 9.78. The fraction of sp³-hybridized carbons (Fsp3) is 0.381. The predicted octanol–water partition coefficient (Wildman–Crippen LogP) is 2.68. The average molecular weight is 434 g/mol. The van der Waals surface area contributed by atoms with Crippen molar-refractivity contribution in [1.82, 2.24) is 9.62 Å². The maximum Gasteiger partial charge on any atom is 0.252 e. The van der Waals surface area contributed by atoms with Gasteiger partial charge in [-0.25, -0.2) is 8.42 Å². The van der Waals surface area contributed by atoms with Gasteiger partial charge in [-0.3, -0.25) is 4.79 Å². The molecule has 0 atom stereocenters. The molecule has 8 heteroatoms. The van der Waals surface area contributed by atoms with Crippen LogP contribution < -0.4 is 10.2 Å². The van der Waals surface area contributed by atoms with Crippen LogP contribution in [0.25, 0.3) is 0 Å². The van der Waals surface area contributed by atoms with Gasteiger partial charge >= 0.3 is 0 Å². The number of carbonyl (C=O) groups is 1. The Morgan fingerprint density at radius 3 is 2.34 bits per heavy atom.